The second-order valence-electron chi connectivity index (χ2n) is 11.3. The predicted molar refractivity (Wildman–Crippen MR) is 127 cm³/mol. The molecule has 4 aliphatic rings. The molecule has 5 rings (SSSR count). The lowest BCUT2D eigenvalue weighted by Crippen LogP contribution is -2.57. The van der Waals surface area contributed by atoms with E-state index < -0.39 is 5.60 Å². The van der Waals surface area contributed by atoms with Crippen LogP contribution in [0.1, 0.15) is 77.2 Å². The number of benzene rings is 1. The van der Waals surface area contributed by atoms with Gasteiger partial charge in [0.05, 0.1) is 13.2 Å². The third-order valence-corrected chi connectivity index (χ3v) is 10.1. The summed E-state index contributed by atoms with van der Waals surface area (Å²) in [7, 11) is 1.71. The molecule has 3 nitrogen and oxygen atoms in total. The Morgan fingerprint density at radius 2 is 1.81 bits per heavy atom. The van der Waals surface area contributed by atoms with E-state index in [1.54, 1.807) is 7.11 Å². The summed E-state index contributed by atoms with van der Waals surface area (Å²) in [5.41, 5.74) is 1.84. The van der Waals surface area contributed by atoms with E-state index in [9.17, 15) is 10.2 Å². The molecule has 0 radical (unpaired) electrons. The molecule has 0 amide bonds. The highest BCUT2D eigenvalue weighted by Crippen LogP contribution is 2.70. The molecule has 172 valence electrons. The summed E-state index contributed by atoms with van der Waals surface area (Å²) in [5.74, 6) is 9.16. The molecule has 1 aromatic carbocycles. The summed E-state index contributed by atoms with van der Waals surface area (Å²) in [5, 5.41) is 22.2. The van der Waals surface area contributed by atoms with E-state index in [2.05, 4.69) is 56.0 Å². The Kier molecular flexibility index (Phi) is 5.27. The van der Waals surface area contributed by atoms with Crippen LogP contribution in [0.2, 0.25) is 0 Å². The Labute approximate surface area is 193 Å². The van der Waals surface area contributed by atoms with Gasteiger partial charge in [0.2, 0.25) is 0 Å². The van der Waals surface area contributed by atoms with Gasteiger partial charge in [0.1, 0.15) is 11.4 Å². The van der Waals surface area contributed by atoms with Crippen LogP contribution < -0.4 is 4.74 Å². The highest BCUT2D eigenvalue weighted by molar-refractivity contribution is 5.37. The van der Waals surface area contributed by atoms with E-state index in [4.69, 9.17) is 4.74 Å². The van der Waals surface area contributed by atoms with Crippen LogP contribution in [0.3, 0.4) is 0 Å². The summed E-state index contributed by atoms with van der Waals surface area (Å²) < 4.78 is 5.44. The number of aliphatic hydroxyl groups is 2. The molecular weight excluding hydrogens is 396 g/mol. The van der Waals surface area contributed by atoms with Gasteiger partial charge >= 0.3 is 0 Å². The Hall–Kier alpha value is -1.76. The van der Waals surface area contributed by atoms with Gasteiger partial charge in [0, 0.05) is 5.41 Å². The average Bonchev–Trinajstić information content (AvgIpc) is 3.04. The minimum atomic E-state index is -0.901. The maximum Gasteiger partial charge on any atom is 0.131 e. The number of aliphatic hydroxyl groups excluding tert-OH is 1. The monoisotopic (exact) mass is 434 g/mol. The molecule has 3 heteroatoms. The molecule has 0 unspecified atom stereocenters. The van der Waals surface area contributed by atoms with Gasteiger partial charge in [-0.2, -0.15) is 0 Å². The molecule has 0 heterocycles. The van der Waals surface area contributed by atoms with Gasteiger partial charge in [-0.3, -0.25) is 0 Å². The number of rotatable bonds is 2. The van der Waals surface area contributed by atoms with Crippen LogP contribution in [-0.4, -0.2) is 29.0 Å². The summed E-state index contributed by atoms with van der Waals surface area (Å²) in [6, 6.07) is 8.64. The molecule has 2 N–H and O–H groups in total. The van der Waals surface area contributed by atoms with Gasteiger partial charge in [0.25, 0.3) is 0 Å². The first-order valence-corrected chi connectivity index (χ1v) is 12.5. The molecule has 3 fully saturated rings. The first-order valence-electron chi connectivity index (χ1n) is 12.5. The lowest BCUT2D eigenvalue weighted by Gasteiger charge is -2.62. The van der Waals surface area contributed by atoms with E-state index in [1.165, 1.54) is 11.1 Å². The van der Waals surface area contributed by atoms with Crippen LogP contribution in [0.15, 0.2) is 35.9 Å². The van der Waals surface area contributed by atoms with Gasteiger partial charge in [-0.05, 0) is 98.7 Å². The maximum absolute atomic E-state index is 11.8. The summed E-state index contributed by atoms with van der Waals surface area (Å²) in [6.45, 7) is 6.64. The number of hydrogen-bond acceptors (Lipinski definition) is 3. The van der Waals surface area contributed by atoms with Crippen molar-refractivity contribution in [1.29, 1.82) is 0 Å². The van der Waals surface area contributed by atoms with Crippen LogP contribution in [0.25, 0.3) is 0 Å². The highest BCUT2D eigenvalue weighted by Gasteiger charge is 2.66. The minimum Gasteiger partial charge on any atom is -0.497 e. The first-order chi connectivity index (χ1) is 15.3. The molecule has 0 aliphatic heterocycles. The van der Waals surface area contributed by atoms with Crippen molar-refractivity contribution in [3.63, 3.8) is 0 Å². The molecule has 1 aromatic rings. The van der Waals surface area contributed by atoms with Gasteiger partial charge in [0.15, 0.2) is 0 Å². The Bertz CT molecular complexity index is 968. The summed E-state index contributed by atoms with van der Waals surface area (Å²) in [6.07, 6.45) is 8.83. The van der Waals surface area contributed by atoms with Gasteiger partial charge < -0.3 is 14.9 Å². The molecule has 4 aliphatic carbocycles. The lowest BCUT2D eigenvalue weighted by molar-refractivity contribution is -0.112. The molecule has 0 spiro atoms. The molecule has 0 aromatic heterocycles. The van der Waals surface area contributed by atoms with Crippen molar-refractivity contribution in [3.05, 3.63) is 41.5 Å². The van der Waals surface area contributed by atoms with Crippen molar-refractivity contribution in [2.75, 3.05) is 7.11 Å². The Morgan fingerprint density at radius 3 is 2.50 bits per heavy atom. The van der Waals surface area contributed by atoms with Gasteiger partial charge in [-0.15, -0.1) is 5.92 Å². The van der Waals surface area contributed by atoms with E-state index in [0.717, 1.165) is 50.7 Å². The van der Waals surface area contributed by atoms with Gasteiger partial charge in [-0.25, -0.2) is 0 Å². The van der Waals surface area contributed by atoms with Crippen molar-refractivity contribution in [2.45, 2.75) is 83.3 Å². The highest BCUT2D eigenvalue weighted by atomic mass is 16.5. The van der Waals surface area contributed by atoms with E-state index in [-0.39, 0.29) is 16.9 Å². The topological polar surface area (TPSA) is 49.7 Å². The summed E-state index contributed by atoms with van der Waals surface area (Å²) in [4.78, 5) is 0. The number of hydrogen-bond donors (Lipinski definition) is 2. The smallest absolute Gasteiger partial charge is 0.131 e. The van der Waals surface area contributed by atoms with Gasteiger partial charge in [-0.1, -0.05) is 43.5 Å². The normalized spacial score (nSPS) is 44.9. The minimum absolute atomic E-state index is 0.116. The maximum atomic E-state index is 11.8. The standard InChI is InChI=1S/C29H38O3/c1-5-14-29(31)16-13-25-23-11-8-20-17-21(30)12-15-27(20,2)26(23)24(18-28(25,29)3)19-6-9-22(32-4)10-7-19/h6-7,9-10,17,21,23-26,30-31H,8,11-13,15-16,18H2,1-4H3/t21-,23+,24-,25+,26-,27+,28+,29+/m1/s1. The van der Waals surface area contributed by atoms with E-state index in [0.29, 0.717) is 23.7 Å². The SMILES string of the molecule is CC#C[C@]1(O)CC[C@H]2[C@@H]3CCC4=C[C@H](O)CC[C@]4(C)[C@H]3[C@@H](c3ccc(OC)cc3)C[C@@]21C. The van der Waals surface area contributed by atoms with Crippen LogP contribution in [0.4, 0.5) is 0 Å². The molecule has 0 bridgehead atoms. The molecule has 8 atom stereocenters. The fraction of sp³-hybridized carbons (Fsp3) is 0.655. The van der Waals surface area contributed by atoms with Crippen molar-refractivity contribution >= 4 is 0 Å². The van der Waals surface area contributed by atoms with Crippen molar-refractivity contribution in [2.24, 2.45) is 28.6 Å². The van der Waals surface area contributed by atoms with Crippen LogP contribution in [-0.2, 0) is 0 Å². The molecule has 0 saturated heterocycles. The third kappa shape index (κ3) is 3.02. The molecule has 32 heavy (non-hydrogen) atoms. The number of methoxy groups -OCH3 is 1. The number of ether oxygens (including phenoxy) is 1. The largest absolute Gasteiger partial charge is 0.497 e. The number of fused-ring (bicyclic) bond motifs is 5. The molecule has 3 saturated carbocycles. The predicted octanol–water partition coefficient (Wildman–Crippen LogP) is 5.47. The zero-order valence-electron chi connectivity index (χ0n) is 20.0. The lowest BCUT2D eigenvalue weighted by atomic mass is 9.43. The first kappa shape index (κ1) is 22.1. The average molecular weight is 435 g/mol. The number of allylic oxidation sites excluding steroid dienone is 1. The summed E-state index contributed by atoms with van der Waals surface area (Å²) >= 11 is 0. The fourth-order valence-corrected chi connectivity index (χ4v) is 8.49. The van der Waals surface area contributed by atoms with Crippen molar-refractivity contribution < 1.29 is 14.9 Å². The van der Waals surface area contributed by atoms with Crippen LogP contribution in [0.5, 0.6) is 5.75 Å². The molecular formula is C29H38O3. The zero-order valence-corrected chi connectivity index (χ0v) is 20.0. The quantitative estimate of drug-likeness (QED) is 0.480. The van der Waals surface area contributed by atoms with E-state index in [1.807, 2.05) is 6.92 Å². The second-order valence-corrected chi connectivity index (χ2v) is 11.3. The second kappa shape index (κ2) is 7.64. The van der Waals surface area contributed by atoms with Crippen LogP contribution in [0, 0.1) is 40.4 Å². The Balaban J connectivity index is 1.64. The third-order valence-electron chi connectivity index (χ3n) is 10.1. The Morgan fingerprint density at radius 1 is 1.06 bits per heavy atom. The van der Waals surface area contributed by atoms with Crippen LogP contribution >= 0.6 is 0 Å². The zero-order chi connectivity index (χ0) is 22.7. The van der Waals surface area contributed by atoms with Crippen molar-refractivity contribution in [3.8, 4) is 17.6 Å². The van der Waals surface area contributed by atoms with E-state index >= 15 is 0 Å². The van der Waals surface area contributed by atoms with Crippen molar-refractivity contribution in [1.82, 2.24) is 0 Å². The fourth-order valence-electron chi connectivity index (χ4n) is 8.49.